The molecule has 0 spiro atoms. The normalized spacial score (nSPS) is 11.8. The number of hydrogen-bond donors (Lipinski definition) is 1. The summed E-state index contributed by atoms with van der Waals surface area (Å²) in [6.45, 7) is 0. The molecule has 62 valence electrons. The SMILES string of the molecule is CSCCCCS(N)(=O)=O. The number of unbranched alkanes of at least 4 members (excludes halogenated alkanes) is 1. The van der Waals surface area contributed by atoms with Gasteiger partial charge in [0, 0.05) is 0 Å². The zero-order valence-electron chi connectivity index (χ0n) is 6.04. The van der Waals surface area contributed by atoms with E-state index in [9.17, 15) is 8.42 Å². The van der Waals surface area contributed by atoms with E-state index >= 15 is 0 Å². The summed E-state index contributed by atoms with van der Waals surface area (Å²) in [6.07, 6.45) is 3.61. The first-order valence-corrected chi connectivity index (χ1v) is 6.16. The number of sulfonamides is 1. The number of thioether (sulfide) groups is 1. The van der Waals surface area contributed by atoms with Gasteiger partial charge < -0.3 is 0 Å². The largest absolute Gasteiger partial charge is 0.229 e. The van der Waals surface area contributed by atoms with Crippen molar-refractivity contribution in [2.24, 2.45) is 5.14 Å². The van der Waals surface area contributed by atoms with Gasteiger partial charge in [0.15, 0.2) is 0 Å². The average Bonchev–Trinajstić information content (AvgIpc) is 1.78. The molecule has 0 saturated heterocycles. The maximum atomic E-state index is 10.4. The number of hydrogen-bond acceptors (Lipinski definition) is 3. The fraction of sp³-hybridized carbons (Fsp3) is 1.00. The zero-order valence-corrected chi connectivity index (χ0v) is 7.67. The van der Waals surface area contributed by atoms with Gasteiger partial charge in [-0.05, 0) is 24.9 Å². The third kappa shape index (κ3) is 8.26. The average molecular weight is 183 g/mol. The molecule has 0 radical (unpaired) electrons. The van der Waals surface area contributed by atoms with E-state index in [2.05, 4.69) is 0 Å². The minimum Gasteiger partial charge on any atom is -0.229 e. The van der Waals surface area contributed by atoms with Crippen LogP contribution in [0.25, 0.3) is 0 Å². The van der Waals surface area contributed by atoms with Crippen LogP contribution in [0.5, 0.6) is 0 Å². The lowest BCUT2D eigenvalue weighted by Crippen LogP contribution is -2.16. The smallest absolute Gasteiger partial charge is 0.209 e. The Hall–Kier alpha value is 0.260. The summed E-state index contributed by atoms with van der Waals surface area (Å²) in [5.41, 5.74) is 0. The second-order valence-corrected chi connectivity index (χ2v) is 4.79. The first-order valence-electron chi connectivity index (χ1n) is 3.05. The van der Waals surface area contributed by atoms with E-state index in [4.69, 9.17) is 5.14 Å². The molecule has 0 aromatic carbocycles. The van der Waals surface area contributed by atoms with Crippen molar-refractivity contribution in [3.63, 3.8) is 0 Å². The lowest BCUT2D eigenvalue weighted by molar-refractivity contribution is 0.594. The summed E-state index contributed by atoms with van der Waals surface area (Å²) in [5, 5.41) is 4.78. The molecule has 0 aromatic heterocycles. The van der Waals surface area contributed by atoms with Crippen LogP contribution in [0.3, 0.4) is 0 Å². The standard InChI is InChI=1S/C5H13NO2S2/c1-9-4-2-3-5-10(6,7)8/h2-5H2,1H3,(H2,6,7,8). The van der Waals surface area contributed by atoms with Crippen LogP contribution >= 0.6 is 11.8 Å². The highest BCUT2D eigenvalue weighted by Gasteiger charge is 2.00. The van der Waals surface area contributed by atoms with E-state index in [1.807, 2.05) is 6.26 Å². The number of rotatable bonds is 5. The molecule has 0 amide bonds. The van der Waals surface area contributed by atoms with Gasteiger partial charge in [0.2, 0.25) is 10.0 Å². The maximum Gasteiger partial charge on any atom is 0.209 e. The Bertz CT molecular complexity index is 164. The van der Waals surface area contributed by atoms with E-state index in [0.29, 0.717) is 6.42 Å². The van der Waals surface area contributed by atoms with Crippen molar-refractivity contribution >= 4 is 21.8 Å². The Balaban J connectivity index is 3.21. The molecule has 0 heterocycles. The van der Waals surface area contributed by atoms with Gasteiger partial charge in [0.25, 0.3) is 0 Å². The van der Waals surface area contributed by atoms with Gasteiger partial charge >= 0.3 is 0 Å². The second kappa shape index (κ2) is 4.98. The topological polar surface area (TPSA) is 60.2 Å². The van der Waals surface area contributed by atoms with Gasteiger partial charge in [0.1, 0.15) is 0 Å². The molecule has 10 heavy (non-hydrogen) atoms. The van der Waals surface area contributed by atoms with E-state index in [1.165, 1.54) is 0 Å². The quantitative estimate of drug-likeness (QED) is 0.628. The van der Waals surface area contributed by atoms with Crippen LogP contribution in [-0.2, 0) is 10.0 Å². The summed E-state index contributed by atoms with van der Waals surface area (Å²) in [6, 6.07) is 0. The molecule has 0 fully saturated rings. The Morgan fingerprint density at radius 3 is 2.40 bits per heavy atom. The zero-order chi connectivity index (χ0) is 8.04. The molecule has 3 nitrogen and oxygen atoms in total. The van der Waals surface area contributed by atoms with Gasteiger partial charge in [0.05, 0.1) is 5.75 Å². The molecule has 0 unspecified atom stereocenters. The first-order chi connectivity index (χ1) is 4.56. The van der Waals surface area contributed by atoms with Crippen LogP contribution < -0.4 is 5.14 Å². The van der Waals surface area contributed by atoms with E-state index in [-0.39, 0.29) is 5.75 Å². The third-order valence-electron chi connectivity index (χ3n) is 1.03. The Morgan fingerprint density at radius 1 is 1.40 bits per heavy atom. The highest BCUT2D eigenvalue weighted by molar-refractivity contribution is 7.98. The van der Waals surface area contributed by atoms with E-state index < -0.39 is 10.0 Å². The highest BCUT2D eigenvalue weighted by Crippen LogP contribution is 1.99. The van der Waals surface area contributed by atoms with E-state index in [1.54, 1.807) is 11.8 Å². The van der Waals surface area contributed by atoms with Crippen LogP contribution in [0, 0.1) is 0 Å². The van der Waals surface area contributed by atoms with Gasteiger partial charge in [-0.1, -0.05) is 0 Å². The van der Waals surface area contributed by atoms with Crippen LogP contribution in [0.1, 0.15) is 12.8 Å². The molecule has 0 aliphatic carbocycles. The summed E-state index contributed by atoms with van der Waals surface area (Å²) < 4.78 is 20.7. The van der Waals surface area contributed by atoms with Crippen molar-refractivity contribution < 1.29 is 8.42 Å². The maximum absolute atomic E-state index is 10.4. The van der Waals surface area contributed by atoms with Crippen molar-refractivity contribution in [1.82, 2.24) is 0 Å². The van der Waals surface area contributed by atoms with Crippen molar-refractivity contribution in [3.8, 4) is 0 Å². The molecular weight excluding hydrogens is 170 g/mol. The van der Waals surface area contributed by atoms with Gasteiger partial charge in [-0.25, -0.2) is 13.6 Å². The lowest BCUT2D eigenvalue weighted by Gasteiger charge is -1.95. The molecule has 0 atom stereocenters. The van der Waals surface area contributed by atoms with Crippen molar-refractivity contribution in [2.75, 3.05) is 17.8 Å². The second-order valence-electron chi connectivity index (χ2n) is 2.07. The summed E-state index contributed by atoms with van der Waals surface area (Å²) in [4.78, 5) is 0. The van der Waals surface area contributed by atoms with Gasteiger partial charge in [-0.15, -0.1) is 0 Å². The summed E-state index contributed by atoms with van der Waals surface area (Å²) >= 11 is 1.72. The molecule has 0 aliphatic heterocycles. The van der Waals surface area contributed by atoms with Crippen LogP contribution in [0.4, 0.5) is 0 Å². The highest BCUT2D eigenvalue weighted by atomic mass is 32.2. The van der Waals surface area contributed by atoms with Crippen molar-refractivity contribution in [3.05, 3.63) is 0 Å². The monoisotopic (exact) mass is 183 g/mol. The molecule has 0 aliphatic rings. The number of nitrogens with two attached hydrogens (primary N) is 1. The van der Waals surface area contributed by atoms with Crippen molar-refractivity contribution in [2.45, 2.75) is 12.8 Å². The van der Waals surface area contributed by atoms with Crippen molar-refractivity contribution in [1.29, 1.82) is 0 Å². The molecule has 0 rings (SSSR count). The molecule has 0 saturated carbocycles. The summed E-state index contributed by atoms with van der Waals surface area (Å²) in [5.74, 6) is 1.13. The first kappa shape index (κ1) is 10.3. The molecule has 2 N–H and O–H groups in total. The fourth-order valence-electron chi connectivity index (χ4n) is 0.550. The molecule has 0 aromatic rings. The van der Waals surface area contributed by atoms with E-state index in [0.717, 1.165) is 12.2 Å². The minimum absolute atomic E-state index is 0.119. The van der Waals surface area contributed by atoms with Crippen LogP contribution in [0.15, 0.2) is 0 Å². The molecule has 5 heteroatoms. The van der Waals surface area contributed by atoms with Crippen LogP contribution in [-0.4, -0.2) is 26.2 Å². The Kier molecular flexibility index (Phi) is 5.11. The fourth-order valence-corrected chi connectivity index (χ4v) is 1.65. The lowest BCUT2D eigenvalue weighted by atomic mass is 10.4. The van der Waals surface area contributed by atoms with Gasteiger partial charge in [-0.3, -0.25) is 0 Å². The molecule has 0 bridgehead atoms. The Labute approximate surface area is 66.4 Å². The predicted molar refractivity (Wildman–Crippen MR) is 45.6 cm³/mol. The Morgan fingerprint density at radius 2 is 2.00 bits per heavy atom. The number of primary sulfonamides is 1. The predicted octanol–water partition coefficient (Wildman–Crippen LogP) is 0.418. The van der Waals surface area contributed by atoms with Gasteiger partial charge in [-0.2, -0.15) is 11.8 Å². The van der Waals surface area contributed by atoms with Crippen LogP contribution in [0.2, 0.25) is 0 Å². The minimum atomic E-state index is -3.21. The summed E-state index contributed by atoms with van der Waals surface area (Å²) in [7, 11) is -3.21. The third-order valence-corrected chi connectivity index (χ3v) is 2.58. The molecular formula is C5H13NO2S2.